The quantitative estimate of drug-likeness (QED) is 0.803. The molecule has 3 aromatic rings. The summed E-state index contributed by atoms with van der Waals surface area (Å²) < 4.78 is 35.4. The van der Waals surface area contributed by atoms with Gasteiger partial charge in [-0.15, -0.1) is 0 Å². The van der Waals surface area contributed by atoms with Gasteiger partial charge in [0.25, 0.3) is 10.0 Å². The van der Waals surface area contributed by atoms with E-state index in [1.54, 1.807) is 36.4 Å². The van der Waals surface area contributed by atoms with Crippen molar-refractivity contribution >= 4 is 50.1 Å². The van der Waals surface area contributed by atoms with Crippen LogP contribution in [0.4, 0.5) is 5.69 Å². The second-order valence-electron chi connectivity index (χ2n) is 4.00. The summed E-state index contributed by atoms with van der Waals surface area (Å²) in [5.74, 6) is 0. The van der Waals surface area contributed by atoms with Crippen LogP contribution in [0.2, 0.25) is 5.02 Å². The van der Waals surface area contributed by atoms with Crippen molar-refractivity contribution in [2.24, 2.45) is 0 Å². The molecule has 0 spiro atoms. The van der Waals surface area contributed by atoms with Crippen LogP contribution in [0.5, 0.6) is 0 Å². The smallest absolute Gasteiger partial charge is 0.264 e. The Balaban J connectivity index is 2.06. The summed E-state index contributed by atoms with van der Waals surface area (Å²) in [7, 11) is -3.73. The maximum absolute atomic E-state index is 12.4. The summed E-state index contributed by atoms with van der Waals surface area (Å²) in [6.45, 7) is 0. The van der Waals surface area contributed by atoms with Gasteiger partial charge in [0.1, 0.15) is 15.9 Å². The Morgan fingerprint density at radius 1 is 1.10 bits per heavy atom. The Kier molecular flexibility index (Phi) is 3.33. The molecule has 0 radical (unpaired) electrons. The van der Waals surface area contributed by atoms with Crippen LogP contribution in [0.1, 0.15) is 0 Å². The van der Waals surface area contributed by atoms with Crippen molar-refractivity contribution in [2.45, 2.75) is 4.90 Å². The highest BCUT2D eigenvalue weighted by molar-refractivity contribution is 7.93. The summed E-state index contributed by atoms with van der Waals surface area (Å²) >= 11 is 6.82. The Morgan fingerprint density at radius 2 is 1.90 bits per heavy atom. The van der Waals surface area contributed by atoms with Crippen molar-refractivity contribution in [3.05, 3.63) is 47.5 Å². The predicted molar refractivity (Wildman–Crippen MR) is 79.7 cm³/mol. The number of nitrogens with zero attached hydrogens (tertiary/aromatic N) is 2. The fourth-order valence-corrected chi connectivity index (χ4v) is 3.77. The lowest BCUT2D eigenvalue weighted by atomic mass is 10.3. The van der Waals surface area contributed by atoms with Crippen molar-refractivity contribution < 1.29 is 8.42 Å². The number of sulfonamides is 1. The summed E-state index contributed by atoms with van der Waals surface area (Å²) in [6.07, 6.45) is 0. The Hall–Kier alpha value is -1.70. The zero-order valence-electron chi connectivity index (χ0n) is 9.95. The van der Waals surface area contributed by atoms with Crippen LogP contribution in [0.3, 0.4) is 0 Å². The molecule has 0 aliphatic carbocycles. The van der Waals surface area contributed by atoms with Crippen LogP contribution in [0, 0.1) is 0 Å². The van der Waals surface area contributed by atoms with E-state index in [1.165, 1.54) is 6.07 Å². The van der Waals surface area contributed by atoms with Gasteiger partial charge < -0.3 is 0 Å². The average Bonchev–Trinajstić information content (AvgIpc) is 2.85. The van der Waals surface area contributed by atoms with Crippen molar-refractivity contribution in [1.29, 1.82) is 0 Å². The summed E-state index contributed by atoms with van der Waals surface area (Å²) in [5.41, 5.74) is 1.33. The van der Waals surface area contributed by atoms with Gasteiger partial charge in [-0.25, -0.2) is 8.42 Å². The normalized spacial score (nSPS) is 11.7. The lowest BCUT2D eigenvalue weighted by molar-refractivity contribution is 0.602. The minimum absolute atomic E-state index is 0.101. The standard InChI is InChI=1S/C12H8ClN3O2S2/c13-8-3-1-4-9(7-8)16-20(17,18)11-6-2-5-10-12(11)15-19-14-10/h1-7,16H. The van der Waals surface area contributed by atoms with Gasteiger partial charge in [0.15, 0.2) is 0 Å². The first-order valence-corrected chi connectivity index (χ1v) is 8.15. The number of halogens is 1. The van der Waals surface area contributed by atoms with Crippen LogP contribution in [-0.4, -0.2) is 17.2 Å². The largest absolute Gasteiger partial charge is 0.280 e. The Labute approximate surface area is 124 Å². The van der Waals surface area contributed by atoms with E-state index in [0.29, 0.717) is 21.7 Å². The van der Waals surface area contributed by atoms with Gasteiger partial charge in [-0.3, -0.25) is 4.72 Å². The molecule has 1 heterocycles. The number of fused-ring (bicyclic) bond motifs is 1. The van der Waals surface area contributed by atoms with Crippen molar-refractivity contribution in [3.8, 4) is 0 Å². The van der Waals surface area contributed by atoms with Crippen molar-refractivity contribution in [2.75, 3.05) is 4.72 Å². The van der Waals surface area contributed by atoms with Gasteiger partial charge in [0.2, 0.25) is 0 Å². The van der Waals surface area contributed by atoms with Gasteiger partial charge in [-0.05, 0) is 30.3 Å². The first-order valence-electron chi connectivity index (χ1n) is 5.56. The van der Waals surface area contributed by atoms with E-state index in [9.17, 15) is 8.42 Å². The topological polar surface area (TPSA) is 72.0 Å². The minimum atomic E-state index is -3.73. The number of rotatable bonds is 3. The molecule has 1 aromatic heterocycles. The van der Waals surface area contributed by atoms with Crippen LogP contribution in [-0.2, 0) is 10.0 Å². The molecule has 0 unspecified atom stereocenters. The van der Waals surface area contributed by atoms with Crippen LogP contribution >= 0.6 is 23.3 Å². The highest BCUT2D eigenvalue weighted by Crippen LogP contribution is 2.24. The van der Waals surface area contributed by atoms with E-state index >= 15 is 0 Å². The van der Waals surface area contributed by atoms with E-state index in [1.807, 2.05) is 0 Å². The maximum Gasteiger partial charge on any atom is 0.264 e. The molecule has 8 heteroatoms. The van der Waals surface area contributed by atoms with Crippen LogP contribution in [0.15, 0.2) is 47.4 Å². The highest BCUT2D eigenvalue weighted by Gasteiger charge is 2.19. The van der Waals surface area contributed by atoms with E-state index in [0.717, 1.165) is 11.7 Å². The minimum Gasteiger partial charge on any atom is -0.280 e. The van der Waals surface area contributed by atoms with Gasteiger partial charge in [-0.1, -0.05) is 23.7 Å². The molecule has 0 saturated heterocycles. The molecule has 0 fully saturated rings. The zero-order valence-corrected chi connectivity index (χ0v) is 12.3. The summed E-state index contributed by atoms with van der Waals surface area (Å²) in [4.78, 5) is 0.101. The van der Waals surface area contributed by atoms with E-state index in [4.69, 9.17) is 11.6 Å². The SMILES string of the molecule is O=S(=O)(Nc1cccc(Cl)c1)c1cccc2nsnc12. The summed E-state index contributed by atoms with van der Waals surface area (Å²) in [6, 6.07) is 11.4. The number of aromatic nitrogens is 2. The molecule has 0 atom stereocenters. The predicted octanol–water partition coefficient (Wildman–Crippen LogP) is 3.15. The molecule has 5 nitrogen and oxygen atoms in total. The molecule has 20 heavy (non-hydrogen) atoms. The molecule has 0 amide bonds. The molecule has 102 valence electrons. The van der Waals surface area contributed by atoms with Crippen molar-refractivity contribution in [3.63, 3.8) is 0 Å². The first-order chi connectivity index (χ1) is 9.56. The monoisotopic (exact) mass is 325 g/mol. The number of hydrogen-bond acceptors (Lipinski definition) is 5. The number of anilines is 1. The second-order valence-corrected chi connectivity index (χ2v) is 6.62. The van der Waals surface area contributed by atoms with Crippen LogP contribution in [0.25, 0.3) is 11.0 Å². The number of nitrogens with one attached hydrogen (secondary N) is 1. The van der Waals surface area contributed by atoms with Gasteiger partial charge in [0.05, 0.1) is 17.4 Å². The van der Waals surface area contributed by atoms with E-state index < -0.39 is 10.0 Å². The third-order valence-electron chi connectivity index (χ3n) is 2.62. The Bertz CT molecular complexity index is 877. The molecular weight excluding hydrogens is 318 g/mol. The lowest BCUT2D eigenvalue weighted by Crippen LogP contribution is -2.13. The molecular formula is C12H8ClN3O2S2. The molecule has 1 N–H and O–H groups in total. The molecule has 0 saturated carbocycles. The van der Waals surface area contributed by atoms with E-state index in [-0.39, 0.29) is 4.90 Å². The lowest BCUT2D eigenvalue weighted by Gasteiger charge is -2.08. The van der Waals surface area contributed by atoms with E-state index in [2.05, 4.69) is 13.5 Å². The third kappa shape index (κ3) is 2.47. The van der Waals surface area contributed by atoms with Crippen molar-refractivity contribution in [1.82, 2.24) is 8.75 Å². The molecule has 0 aliphatic rings. The Morgan fingerprint density at radius 3 is 2.70 bits per heavy atom. The fraction of sp³-hybridized carbons (Fsp3) is 0. The number of hydrogen-bond donors (Lipinski definition) is 1. The summed E-state index contributed by atoms with van der Waals surface area (Å²) in [5, 5.41) is 0.457. The fourth-order valence-electron chi connectivity index (χ4n) is 1.76. The van der Waals surface area contributed by atoms with Gasteiger partial charge in [-0.2, -0.15) is 8.75 Å². The molecule has 0 aliphatic heterocycles. The number of benzene rings is 2. The maximum atomic E-state index is 12.4. The third-order valence-corrected chi connectivity index (χ3v) is 4.81. The second kappa shape index (κ2) is 5.01. The molecule has 2 aromatic carbocycles. The average molecular weight is 326 g/mol. The van der Waals surface area contributed by atoms with Gasteiger partial charge >= 0.3 is 0 Å². The zero-order chi connectivity index (χ0) is 14.2. The molecule has 3 rings (SSSR count). The van der Waals surface area contributed by atoms with Crippen LogP contribution < -0.4 is 4.72 Å². The van der Waals surface area contributed by atoms with Gasteiger partial charge in [0, 0.05) is 5.02 Å². The first kappa shape index (κ1) is 13.3. The molecule has 0 bridgehead atoms. The highest BCUT2D eigenvalue weighted by atomic mass is 35.5.